The third-order valence-electron chi connectivity index (χ3n) is 4.79. The Morgan fingerprint density at radius 1 is 1.15 bits per heavy atom. The van der Waals surface area contributed by atoms with Crippen LogP contribution in [0, 0.1) is 5.92 Å². The van der Waals surface area contributed by atoms with Crippen molar-refractivity contribution in [2.45, 2.75) is 32.4 Å². The van der Waals surface area contributed by atoms with Gasteiger partial charge in [0.15, 0.2) is 0 Å². The highest BCUT2D eigenvalue weighted by Gasteiger charge is 2.33. The maximum absolute atomic E-state index is 12.7. The van der Waals surface area contributed by atoms with E-state index < -0.39 is 10.0 Å². The van der Waals surface area contributed by atoms with Crippen molar-refractivity contribution >= 4 is 21.8 Å². The van der Waals surface area contributed by atoms with Gasteiger partial charge in [0.25, 0.3) is 0 Å². The summed E-state index contributed by atoms with van der Waals surface area (Å²) in [6.45, 7) is 5.40. The van der Waals surface area contributed by atoms with Crippen LogP contribution in [0.3, 0.4) is 0 Å². The van der Waals surface area contributed by atoms with Crippen molar-refractivity contribution in [1.82, 2.24) is 14.5 Å². The van der Waals surface area contributed by atoms with Crippen LogP contribution in [-0.4, -0.2) is 62.2 Å². The van der Waals surface area contributed by atoms with E-state index in [0.29, 0.717) is 39.0 Å². The SMILES string of the molecule is CCNC(=O)CN(CC)C(=O)C1CCN(S(=O)(=O)Cc2ccccc2)CC1. The number of benzene rings is 1. The molecule has 2 amide bonds. The van der Waals surface area contributed by atoms with Gasteiger partial charge in [0.2, 0.25) is 21.8 Å². The summed E-state index contributed by atoms with van der Waals surface area (Å²) < 4.78 is 26.7. The number of rotatable bonds is 8. The lowest BCUT2D eigenvalue weighted by Crippen LogP contribution is -2.47. The minimum atomic E-state index is -3.39. The molecule has 1 heterocycles. The molecule has 1 saturated heterocycles. The minimum Gasteiger partial charge on any atom is -0.355 e. The van der Waals surface area contributed by atoms with Gasteiger partial charge in [0, 0.05) is 32.1 Å². The zero-order chi connectivity index (χ0) is 19.9. The molecule has 27 heavy (non-hydrogen) atoms. The maximum atomic E-state index is 12.7. The molecule has 1 aliphatic rings. The van der Waals surface area contributed by atoms with E-state index in [1.807, 2.05) is 32.0 Å². The first kappa shape index (κ1) is 21.4. The lowest BCUT2D eigenvalue weighted by molar-refractivity contribution is -0.140. The molecular formula is C19H29N3O4S. The van der Waals surface area contributed by atoms with Gasteiger partial charge in [-0.15, -0.1) is 0 Å². The number of piperidine rings is 1. The molecule has 8 heteroatoms. The summed E-state index contributed by atoms with van der Waals surface area (Å²) in [4.78, 5) is 26.0. The molecule has 0 saturated carbocycles. The first-order chi connectivity index (χ1) is 12.9. The Morgan fingerprint density at radius 2 is 1.78 bits per heavy atom. The maximum Gasteiger partial charge on any atom is 0.239 e. The summed E-state index contributed by atoms with van der Waals surface area (Å²) in [6.07, 6.45) is 0.970. The van der Waals surface area contributed by atoms with Gasteiger partial charge in [0.1, 0.15) is 0 Å². The van der Waals surface area contributed by atoms with E-state index in [1.165, 1.54) is 4.31 Å². The van der Waals surface area contributed by atoms with E-state index in [2.05, 4.69) is 5.32 Å². The van der Waals surface area contributed by atoms with Crippen molar-refractivity contribution < 1.29 is 18.0 Å². The summed E-state index contributed by atoms with van der Waals surface area (Å²) in [7, 11) is -3.39. The number of nitrogens with zero attached hydrogens (tertiary/aromatic N) is 2. The molecule has 0 atom stereocenters. The highest BCUT2D eigenvalue weighted by molar-refractivity contribution is 7.88. The number of carbonyl (C=O) groups excluding carboxylic acids is 2. The fourth-order valence-corrected chi connectivity index (χ4v) is 4.85. The van der Waals surface area contributed by atoms with Crippen molar-refractivity contribution in [3.8, 4) is 0 Å². The van der Waals surface area contributed by atoms with Crippen molar-refractivity contribution in [2.24, 2.45) is 5.92 Å². The van der Waals surface area contributed by atoms with Gasteiger partial charge in [-0.05, 0) is 32.3 Å². The van der Waals surface area contributed by atoms with Gasteiger partial charge < -0.3 is 10.2 Å². The van der Waals surface area contributed by atoms with Crippen molar-refractivity contribution in [3.63, 3.8) is 0 Å². The zero-order valence-corrected chi connectivity index (χ0v) is 16.9. The number of hydrogen-bond acceptors (Lipinski definition) is 4. The summed E-state index contributed by atoms with van der Waals surface area (Å²) in [5, 5.41) is 2.70. The normalized spacial score (nSPS) is 16.1. The number of nitrogens with one attached hydrogen (secondary N) is 1. The largest absolute Gasteiger partial charge is 0.355 e. The molecule has 1 aromatic carbocycles. The Kier molecular flexibility index (Phi) is 7.79. The van der Waals surface area contributed by atoms with E-state index in [0.717, 1.165) is 5.56 Å². The molecule has 1 aliphatic heterocycles. The van der Waals surface area contributed by atoms with Crippen LogP contribution < -0.4 is 5.32 Å². The van der Waals surface area contributed by atoms with Crippen LogP contribution in [0.2, 0.25) is 0 Å². The smallest absolute Gasteiger partial charge is 0.239 e. The lowest BCUT2D eigenvalue weighted by Gasteiger charge is -2.33. The van der Waals surface area contributed by atoms with Crippen molar-refractivity contribution in [2.75, 3.05) is 32.7 Å². The van der Waals surface area contributed by atoms with E-state index in [1.54, 1.807) is 17.0 Å². The molecule has 150 valence electrons. The second-order valence-corrected chi connectivity index (χ2v) is 8.69. The topological polar surface area (TPSA) is 86.8 Å². The summed E-state index contributed by atoms with van der Waals surface area (Å²) in [6, 6.07) is 9.10. The molecule has 1 N–H and O–H groups in total. The third kappa shape index (κ3) is 6.04. The van der Waals surface area contributed by atoms with Gasteiger partial charge in [-0.2, -0.15) is 0 Å². The molecule has 0 radical (unpaired) electrons. The molecule has 2 rings (SSSR count). The Labute approximate surface area is 161 Å². The molecule has 0 bridgehead atoms. The number of carbonyl (C=O) groups is 2. The third-order valence-corrected chi connectivity index (χ3v) is 6.64. The van der Waals surface area contributed by atoms with Crippen LogP contribution >= 0.6 is 0 Å². The lowest BCUT2D eigenvalue weighted by atomic mass is 9.96. The first-order valence-electron chi connectivity index (χ1n) is 9.44. The zero-order valence-electron chi connectivity index (χ0n) is 16.1. The summed E-state index contributed by atoms with van der Waals surface area (Å²) >= 11 is 0. The first-order valence-corrected chi connectivity index (χ1v) is 11.1. The second kappa shape index (κ2) is 9.85. The van der Waals surface area contributed by atoms with Gasteiger partial charge in [-0.25, -0.2) is 12.7 Å². The molecule has 1 fully saturated rings. The van der Waals surface area contributed by atoms with Gasteiger partial charge in [-0.3, -0.25) is 9.59 Å². The monoisotopic (exact) mass is 395 g/mol. The fraction of sp³-hybridized carbons (Fsp3) is 0.579. The average Bonchev–Trinajstić information content (AvgIpc) is 2.66. The fourth-order valence-electron chi connectivity index (χ4n) is 3.29. The molecule has 0 unspecified atom stereocenters. The molecule has 0 aliphatic carbocycles. The molecule has 0 aromatic heterocycles. The van der Waals surface area contributed by atoms with Crippen LogP contribution in [0.15, 0.2) is 30.3 Å². The van der Waals surface area contributed by atoms with Crippen LogP contribution in [0.4, 0.5) is 0 Å². The number of hydrogen-bond donors (Lipinski definition) is 1. The molecule has 7 nitrogen and oxygen atoms in total. The molecule has 1 aromatic rings. The number of amides is 2. The number of sulfonamides is 1. The van der Waals surface area contributed by atoms with Crippen molar-refractivity contribution in [1.29, 1.82) is 0 Å². The highest BCUT2D eigenvalue weighted by Crippen LogP contribution is 2.23. The number of likely N-dealkylation sites (N-methyl/N-ethyl adjacent to an activating group) is 2. The van der Waals surface area contributed by atoms with E-state index in [9.17, 15) is 18.0 Å². The van der Waals surface area contributed by atoms with E-state index in [-0.39, 0.29) is 30.0 Å². The predicted octanol–water partition coefficient (Wildman–Crippen LogP) is 1.21. The van der Waals surface area contributed by atoms with Gasteiger partial charge >= 0.3 is 0 Å². The molecular weight excluding hydrogens is 366 g/mol. The van der Waals surface area contributed by atoms with Crippen LogP contribution in [-0.2, 0) is 25.4 Å². The Bertz CT molecular complexity index is 729. The molecule has 0 spiro atoms. The van der Waals surface area contributed by atoms with Crippen molar-refractivity contribution in [3.05, 3.63) is 35.9 Å². The Hall–Kier alpha value is -1.93. The highest BCUT2D eigenvalue weighted by atomic mass is 32.2. The van der Waals surface area contributed by atoms with Crippen LogP contribution in [0.1, 0.15) is 32.3 Å². The van der Waals surface area contributed by atoms with E-state index in [4.69, 9.17) is 0 Å². The summed E-state index contributed by atoms with van der Waals surface area (Å²) in [5.74, 6) is -0.493. The quantitative estimate of drug-likeness (QED) is 0.717. The standard InChI is InChI=1S/C19H29N3O4S/c1-3-20-18(23)14-21(4-2)19(24)17-10-12-22(13-11-17)27(25,26)15-16-8-6-5-7-9-16/h5-9,17H,3-4,10-15H2,1-2H3,(H,20,23). The van der Waals surface area contributed by atoms with Crippen LogP contribution in [0.5, 0.6) is 0 Å². The van der Waals surface area contributed by atoms with Crippen LogP contribution in [0.25, 0.3) is 0 Å². The van der Waals surface area contributed by atoms with E-state index >= 15 is 0 Å². The van der Waals surface area contributed by atoms with Gasteiger partial charge in [-0.1, -0.05) is 30.3 Å². The average molecular weight is 396 g/mol. The second-order valence-electron chi connectivity index (χ2n) is 6.72. The summed E-state index contributed by atoms with van der Waals surface area (Å²) in [5.41, 5.74) is 0.759. The predicted molar refractivity (Wildman–Crippen MR) is 104 cm³/mol. The van der Waals surface area contributed by atoms with Gasteiger partial charge in [0.05, 0.1) is 12.3 Å². The Morgan fingerprint density at radius 3 is 2.33 bits per heavy atom. The minimum absolute atomic E-state index is 0.0231. The Balaban J connectivity index is 1.91.